The van der Waals surface area contributed by atoms with E-state index in [-0.39, 0.29) is 0 Å². The number of hydrogen-bond acceptors (Lipinski definition) is 7. The maximum absolute atomic E-state index is 4.97. The Balaban J connectivity index is 1.67. The molecule has 3 aromatic heterocycles. The number of aromatic nitrogens is 3. The van der Waals surface area contributed by atoms with Gasteiger partial charge in [0.25, 0.3) is 0 Å². The number of aryl methyl sites for hydroxylation is 1. The van der Waals surface area contributed by atoms with Gasteiger partial charge >= 0.3 is 6.01 Å². The van der Waals surface area contributed by atoms with E-state index in [1.807, 2.05) is 5.38 Å². The van der Waals surface area contributed by atoms with Gasteiger partial charge in [-0.25, -0.2) is 4.98 Å². The number of thiophene rings is 1. The molecule has 0 amide bonds. The lowest BCUT2D eigenvalue weighted by molar-refractivity contribution is 0.425. The topological polar surface area (TPSA) is 63.8 Å². The van der Waals surface area contributed by atoms with Crippen molar-refractivity contribution in [2.45, 2.75) is 13.5 Å². The molecule has 0 aliphatic carbocycles. The Morgan fingerprint density at radius 1 is 1.33 bits per heavy atom. The van der Waals surface area contributed by atoms with Gasteiger partial charge in [0.05, 0.1) is 12.2 Å². The highest BCUT2D eigenvalue weighted by atomic mass is 32.1. The Kier molecular flexibility index (Phi) is 3.07. The molecule has 0 bridgehead atoms. The minimum absolute atomic E-state index is 0.428. The Bertz CT molecular complexity index is 629. The molecule has 1 N–H and O–H groups in total. The Morgan fingerprint density at radius 3 is 3.00 bits per heavy atom. The van der Waals surface area contributed by atoms with Gasteiger partial charge in [0.15, 0.2) is 5.82 Å². The summed E-state index contributed by atoms with van der Waals surface area (Å²) in [7, 11) is 0. The van der Waals surface area contributed by atoms with Crippen LogP contribution in [0, 0.1) is 6.92 Å². The first-order valence-electron chi connectivity index (χ1n) is 5.32. The van der Waals surface area contributed by atoms with Gasteiger partial charge in [-0.3, -0.25) is 0 Å². The smallest absolute Gasteiger partial charge is 0.321 e. The number of thiazole rings is 1. The molecule has 92 valence electrons. The molecule has 3 heterocycles. The van der Waals surface area contributed by atoms with E-state index in [4.69, 9.17) is 4.52 Å². The summed E-state index contributed by atoms with van der Waals surface area (Å²) in [4.78, 5) is 8.62. The molecule has 7 heteroatoms. The Labute approximate surface area is 112 Å². The van der Waals surface area contributed by atoms with Crippen LogP contribution in [0.3, 0.4) is 0 Å². The molecule has 0 saturated heterocycles. The lowest BCUT2D eigenvalue weighted by atomic mass is 10.3. The highest BCUT2D eigenvalue weighted by Gasteiger charge is 2.06. The quantitative estimate of drug-likeness (QED) is 0.794. The van der Waals surface area contributed by atoms with Crippen molar-refractivity contribution in [1.29, 1.82) is 0 Å². The molecule has 0 fully saturated rings. The number of nitrogens with zero attached hydrogens (tertiary/aromatic N) is 3. The van der Waals surface area contributed by atoms with Gasteiger partial charge in [0, 0.05) is 16.3 Å². The molecule has 3 rings (SSSR count). The van der Waals surface area contributed by atoms with Crippen molar-refractivity contribution in [2.24, 2.45) is 0 Å². The van der Waals surface area contributed by atoms with Gasteiger partial charge in [-0.2, -0.15) is 16.3 Å². The Morgan fingerprint density at radius 2 is 2.28 bits per heavy atom. The standard InChI is InChI=1S/C11H10N4OS2/c1-7-13-11(16-15-7)12-4-9-6-18-10(14-9)8-2-3-17-5-8/h2-3,5-6H,4H2,1H3,(H,12,13,15). The molecule has 0 aromatic carbocycles. The summed E-state index contributed by atoms with van der Waals surface area (Å²) in [6.45, 7) is 2.37. The molecular weight excluding hydrogens is 268 g/mol. The normalized spacial score (nSPS) is 10.7. The average molecular weight is 278 g/mol. The summed E-state index contributed by atoms with van der Waals surface area (Å²) in [5, 5.41) is 14.0. The van der Waals surface area contributed by atoms with Gasteiger partial charge in [-0.1, -0.05) is 5.16 Å². The van der Waals surface area contributed by atoms with Crippen molar-refractivity contribution in [2.75, 3.05) is 5.32 Å². The molecule has 0 radical (unpaired) electrons. The summed E-state index contributed by atoms with van der Waals surface area (Å²) in [5.41, 5.74) is 2.14. The molecule has 0 saturated carbocycles. The van der Waals surface area contributed by atoms with Gasteiger partial charge in [-0.05, 0) is 18.4 Å². The van der Waals surface area contributed by atoms with Crippen LogP contribution in [0.15, 0.2) is 26.7 Å². The second-order valence-electron chi connectivity index (χ2n) is 3.66. The van der Waals surface area contributed by atoms with Crippen molar-refractivity contribution in [3.8, 4) is 10.6 Å². The zero-order valence-electron chi connectivity index (χ0n) is 9.58. The van der Waals surface area contributed by atoms with Crippen molar-refractivity contribution in [1.82, 2.24) is 15.1 Å². The van der Waals surface area contributed by atoms with Crippen LogP contribution in [0.25, 0.3) is 10.6 Å². The van der Waals surface area contributed by atoms with Gasteiger partial charge < -0.3 is 9.84 Å². The van der Waals surface area contributed by atoms with E-state index in [1.165, 1.54) is 5.56 Å². The van der Waals surface area contributed by atoms with Gasteiger partial charge in [0.2, 0.25) is 0 Å². The largest absolute Gasteiger partial charge is 0.332 e. The molecule has 3 aromatic rings. The Hall–Kier alpha value is -1.73. The number of hydrogen-bond donors (Lipinski definition) is 1. The first-order chi connectivity index (χ1) is 8.81. The van der Waals surface area contributed by atoms with Crippen molar-refractivity contribution in [3.05, 3.63) is 33.7 Å². The van der Waals surface area contributed by atoms with Gasteiger partial charge in [0.1, 0.15) is 5.01 Å². The molecule has 5 nitrogen and oxygen atoms in total. The van der Waals surface area contributed by atoms with Crippen LogP contribution in [0.5, 0.6) is 0 Å². The van der Waals surface area contributed by atoms with E-state index in [0.717, 1.165) is 10.7 Å². The third-order valence-electron chi connectivity index (χ3n) is 2.27. The molecule has 0 spiro atoms. The lowest BCUT2D eigenvalue weighted by Gasteiger charge is -1.96. The second kappa shape index (κ2) is 4.87. The monoisotopic (exact) mass is 278 g/mol. The van der Waals surface area contributed by atoms with Crippen LogP contribution < -0.4 is 5.32 Å². The molecule has 0 aliphatic rings. The summed E-state index contributed by atoms with van der Waals surface area (Å²) < 4.78 is 4.97. The minimum atomic E-state index is 0.428. The zero-order chi connectivity index (χ0) is 12.4. The summed E-state index contributed by atoms with van der Waals surface area (Å²) in [5.74, 6) is 0.620. The average Bonchev–Trinajstić information content (AvgIpc) is 3.07. The highest BCUT2D eigenvalue weighted by Crippen LogP contribution is 2.25. The summed E-state index contributed by atoms with van der Waals surface area (Å²) >= 11 is 3.31. The number of anilines is 1. The molecule has 0 atom stereocenters. The van der Waals surface area contributed by atoms with Crippen molar-refractivity contribution >= 4 is 28.7 Å². The number of rotatable bonds is 4. The number of nitrogens with one attached hydrogen (secondary N) is 1. The predicted molar refractivity (Wildman–Crippen MR) is 71.8 cm³/mol. The van der Waals surface area contributed by atoms with E-state index in [2.05, 4.69) is 37.3 Å². The SMILES string of the molecule is Cc1noc(NCc2csc(-c3ccsc3)n2)n1. The lowest BCUT2D eigenvalue weighted by Crippen LogP contribution is -1.99. The van der Waals surface area contributed by atoms with Crippen LogP contribution in [-0.4, -0.2) is 15.1 Å². The molecule has 0 aliphatic heterocycles. The van der Waals surface area contributed by atoms with Crippen molar-refractivity contribution < 1.29 is 4.52 Å². The van der Waals surface area contributed by atoms with Gasteiger partial charge in [-0.15, -0.1) is 11.3 Å². The van der Waals surface area contributed by atoms with E-state index in [1.54, 1.807) is 29.6 Å². The maximum atomic E-state index is 4.97. The summed E-state index contributed by atoms with van der Waals surface area (Å²) in [6, 6.07) is 2.50. The first-order valence-corrected chi connectivity index (χ1v) is 7.14. The fourth-order valence-corrected chi connectivity index (χ4v) is 2.97. The van der Waals surface area contributed by atoms with Crippen LogP contribution in [0.2, 0.25) is 0 Å². The third kappa shape index (κ3) is 2.41. The van der Waals surface area contributed by atoms with E-state index in [9.17, 15) is 0 Å². The van der Waals surface area contributed by atoms with Crippen LogP contribution in [0.4, 0.5) is 6.01 Å². The maximum Gasteiger partial charge on any atom is 0.321 e. The first kappa shape index (κ1) is 11.4. The predicted octanol–water partition coefficient (Wildman–Crippen LogP) is 3.18. The van der Waals surface area contributed by atoms with Crippen molar-refractivity contribution in [3.63, 3.8) is 0 Å². The zero-order valence-corrected chi connectivity index (χ0v) is 11.2. The highest BCUT2D eigenvalue weighted by molar-refractivity contribution is 7.14. The molecule has 18 heavy (non-hydrogen) atoms. The fourth-order valence-electron chi connectivity index (χ4n) is 1.44. The van der Waals surface area contributed by atoms with Crippen LogP contribution in [-0.2, 0) is 6.54 Å². The van der Waals surface area contributed by atoms with E-state index in [0.29, 0.717) is 18.4 Å². The molecular formula is C11H10N4OS2. The second-order valence-corrected chi connectivity index (χ2v) is 5.29. The minimum Gasteiger partial charge on any atom is -0.332 e. The van der Waals surface area contributed by atoms with E-state index < -0.39 is 0 Å². The fraction of sp³-hybridized carbons (Fsp3) is 0.182. The third-order valence-corrected chi connectivity index (χ3v) is 3.89. The van der Waals surface area contributed by atoms with E-state index >= 15 is 0 Å². The summed E-state index contributed by atoms with van der Waals surface area (Å²) in [6.07, 6.45) is 0. The van der Waals surface area contributed by atoms with Crippen LogP contribution in [0.1, 0.15) is 11.5 Å². The van der Waals surface area contributed by atoms with Crippen LogP contribution >= 0.6 is 22.7 Å². The molecule has 0 unspecified atom stereocenters.